The van der Waals surface area contributed by atoms with Crippen LogP contribution in [-0.4, -0.2) is 36.0 Å². The summed E-state index contributed by atoms with van der Waals surface area (Å²) in [6.07, 6.45) is 0.839. The number of aryl methyl sites for hydroxylation is 1. The number of pyridine rings is 1. The van der Waals surface area contributed by atoms with Gasteiger partial charge in [0.1, 0.15) is 0 Å². The lowest BCUT2D eigenvalue weighted by Gasteiger charge is -2.28. The fourth-order valence-electron chi connectivity index (χ4n) is 2.81. The maximum absolute atomic E-state index is 12.7. The number of nitrogens with zero attached hydrogens (tertiary/aromatic N) is 2. The number of hydrogen-bond acceptors (Lipinski definition) is 4. The fourth-order valence-corrected chi connectivity index (χ4v) is 4.38. The van der Waals surface area contributed by atoms with E-state index in [4.69, 9.17) is 11.6 Å². The molecule has 0 saturated carbocycles. The van der Waals surface area contributed by atoms with E-state index in [-0.39, 0.29) is 22.3 Å². The number of sulfonamides is 1. The Morgan fingerprint density at radius 3 is 2.80 bits per heavy atom. The SMILES string of the molecule is Cc1cccnc1S(=O)(=O)Nc1c(Cl)ccc2c1CN(C(=O)O)CC2. The first-order chi connectivity index (χ1) is 11.8. The highest BCUT2D eigenvalue weighted by Gasteiger charge is 2.27. The molecule has 2 aromatic rings. The summed E-state index contributed by atoms with van der Waals surface area (Å²) in [4.78, 5) is 16.4. The van der Waals surface area contributed by atoms with E-state index >= 15 is 0 Å². The van der Waals surface area contributed by atoms with Gasteiger partial charge in [0.25, 0.3) is 10.0 Å². The first-order valence-electron chi connectivity index (χ1n) is 7.52. The molecule has 7 nitrogen and oxygen atoms in total. The van der Waals surface area contributed by atoms with Crippen LogP contribution in [0.5, 0.6) is 0 Å². The predicted octanol–water partition coefficient (Wildman–Crippen LogP) is 2.88. The smallest absolute Gasteiger partial charge is 0.407 e. The van der Waals surface area contributed by atoms with Gasteiger partial charge < -0.3 is 10.0 Å². The lowest BCUT2D eigenvalue weighted by Crippen LogP contribution is -2.35. The van der Waals surface area contributed by atoms with Crippen LogP contribution in [0.2, 0.25) is 5.02 Å². The van der Waals surface area contributed by atoms with Crippen LogP contribution in [0.4, 0.5) is 10.5 Å². The molecule has 0 saturated heterocycles. The molecule has 0 radical (unpaired) electrons. The van der Waals surface area contributed by atoms with E-state index < -0.39 is 16.1 Å². The molecule has 2 N–H and O–H groups in total. The number of carbonyl (C=O) groups is 1. The highest BCUT2D eigenvalue weighted by molar-refractivity contribution is 7.92. The number of carboxylic acid groups (broad SMARTS) is 1. The fraction of sp³-hybridized carbons (Fsp3) is 0.250. The van der Waals surface area contributed by atoms with Gasteiger partial charge in [0, 0.05) is 18.3 Å². The number of rotatable bonds is 3. The second-order valence-corrected chi connectivity index (χ2v) is 7.75. The van der Waals surface area contributed by atoms with Gasteiger partial charge in [-0.25, -0.2) is 9.78 Å². The summed E-state index contributed by atoms with van der Waals surface area (Å²) < 4.78 is 27.9. The Hall–Kier alpha value is -2.32. The zero-order valence-corrected chi connectivity index (χ0v) is 14.9. The van der Waals surface area contributed by atoms with E-state index in [0.29, 0.717) is 24.1 Å². The van der Waals surface area contributed by atoms with Crippen LogP contribution in [-0.2, 0) is 23.0 Å². The van der Waals surface area contributed by atoms with E-state index in [1.165, 1.54) is 11.1 Å². The van der Waals surface area contributed by atoms with Gasteiger partial charge in [0.15, 0.2) is 5.03 Å². The van der Waals surface area contributed by atoms with Crippen molar-refractivity contribution in [1.82, 2.24) is 9.88 Å². The molecule has 0 unspecified atom stereocenters. The molecular formula is C16H16ClN3O4S. The molecule has 1 aliphatic rings. The lowest BCUT2D eigenvalue weighted by molar-refractivity contribution is 0.140. The van der Waals surface area contributed by atoms with Crippen molar-refractivity contribution in [2.45, 2.75) is 24.9 Å². The molecule has 0 fully saturated rings. The Labute approximate surface area is 150 Å². The summed E-state index contributed by atoms with van der Waals surface area (Å²) >= 11 is 6.21. The largest absolute Gasteiger partial charge is 0.465 e. The van der Waals surface area contributed by atoms with Crippen molar-refractivity contribution in [1.29, 1.82) is 0 Å². The third kappa shape index (κ3) is 3.40. The minimum Gasteiger partial charge on any atom is -0.465 e. The molecule has 0 atom stereocenters. The second kappa shape index (κ2) is 6.53. The summed E-state index contributed by atoms with van der Waals surface area (Å²) in [5, 5.41) is 9.34. The van der Waals surface area contributed by atoms with Crippen LogP contribution in [0, 0.1) is 6.92 Å². The highest BCUT2D eigenvalue weighted by atomic mass is 35.5. The molecule has 1 aromatic heterocycles. The second-order valence-electron chi connectivity index (χ2n) is 5.75. The van der Waals surface area contributed by atoms with Crippen LogP contribution in [0.15, 0.2) is 35.5 Å². The summed E-state index contributed by atoms with van der Waals surface area (Å²) in [6, 6.07) is 6.70. The molecule has 0 spiro atoms. The first-order valence-corrected chi connectivity index (χ1v) is 9.38. The Balaban J connectivity index is 2.04. The van der Waals surface area contributed by atoms with E-state index in [1.54, 1.807) is 31.2 Å². The zero-order chi connectivity index (χ0) is 18.2. The number of anilines is 1. The van der Waals surface area contributed by atoms with Crippen LogP contribution < -0.4 is 4.72 Å². The van der Waals surface area contributed by atoms with Crippen LogP contribution in [0.3, 0.4) is 0 Å². The van der Waals surface area contributed by atoms with Crippen LogP contribution >= 0.6 is 11.6 Å². The van der Waals surface area contributed by atoms with Crippen molar-refractivity contribution in [2.24, 2.45) is 0 Å². The molecule has 1 amide bonds. The maximum atomic E-state index is 12.7. The number of hydrogen-bond donors (Lipinski definition) is 2. The van der Waals surface area contributed by atoms with Crippen molar-refractivity contribution >= 4 is 33.4 Å². The summed E-state index contributed by atoms with van der Waals surface area (Å²) in [5.74, 6) is 0. The first kappa shape index (κ1) is 17.5. The zero-order valence-electron chi connectivity index (χ0n) is 13.4. The van der Waals surface area contributed by atoms with Crippen molar-refractivity contribution in [3.05, 3.63) is 52.2 Å². The van der Waals surface area contributed by atoms with Gasteiger partial charge in [-0.3, -0.25) is 4.72 Å². The Morgan fingerprint density at radius 2 is 2.12 bits per heavy atom. The molecule has 0 aliphatic carbocycles. The topological polar surface area (TPSA) is 99.6 Å². The number of amides is 1. The normalized spacial score (nSPS) is 14.1. The van der Waals surface area contributed by atoms with E-state index in [9.17, 15) is 18.3 Å². The van der Waals surface area contributed by atoms with Crippen LogP contribution in [0.1, 0.15) is 16.7 Å². The molecule has 3 rings (SSSR count). The number of halogens is 1. The molecule has 1 aromatic carbocycles. The van der Waals surface area contributed by atoms with E-state index in [0.717, 1.165) is 5.56 Å². The van der Waals surface area contributed by atoms with Crippen molar-refractivity contribution in [3.63, 3.8) is 0 Å². The maximum Gasteiger partial charge on any atom is 0.407 e. The minimum absolute atomic E-state index is 0.0737. The summed E-state index contributed by atoms with van der Waals surface area (Å²) in [5.41, 5.74) is 2.15. The average molecular weight is 382 g/mol. The summed E-state index contributed by atoms with van der Waals surface area (Å²) in [6.45, 7) is 2.08. The predicted molar refractivity (Wildman–Crippen MR) is 93.4 cm³/mol. The van der Waals surface area contributed by atoms with E-state index in [1.807, 2.05) is 0 Å². The quantitative estimate of drug-likeness (QED) is 0.851. The van der Waals surface area contributed by atoms with Crippen molar-refractivity contribution < 1.29 is 18.3 Å². The van der Waals surface area contributed by atoms with Crippen molar-refractivity contribution in [3.8, 4) is 0 Å². The molecule has 25 heavy (non-hydrogen) atoms. The van der Waals surface area contributed by atoms with Gasteiger partial charge in [0.05, 0.1) is 17.3 Å². The number of nitrogens with one attached hydrogen (secondary N) is 1. The summed E-state index contributed by atoms with van der Waals surface area (Å²) in [7, 11) is -3.95. The van der Waals surface area contributed by atoms with Crippen molar-refractivity contribution in [2.75, 3.05) is 11.3 Å². The molecule has 9 heteroatoms. The van der Waals surface area contributed by atoms with Gasteiger partial charge in [-0.2, -0.15) is 8.42 Å². The average Bonchev–Trinajstić information content (AvgIpc) is 2.57. The molecule has 1 aliphatic heterocycles. The Morgan fingerprint density at radius 1 is 1.36 bits per heavy atom. The van der Waals surface area contributed by atoms with Crippen LogP contribution in [0.25, 0.3) is 0 Å². The number of fused-ring (bicyclic) bond motifs is 1. The monoisotopic (exact) mass is 381 g/mol. The number of benzene rings is 1. The highest BCUT2D eigenvalue weighted by Crippen LogP contribution is 2.34. The Bertz CT molecular complexity index is 946. The molecule has 0 bridgehead atoms. The molecule has 2 heterocycles. The third-order valence-corrected chi connectivity index (χ3v) is 5.81. The standard InChI is InChI=1S/C16H16ClN3O4S/c1-10-3-2-7-18-15(10)25(23,24)19-14-12-9-20(16(21)22)8-6-11(12)4-5-13(14)17/h2-5,7,19H,6,8-9H2,1H3,(H,21,22). The minimum atomic E-state index is -3.95. The third-order valence-electron chi connectivity index (χ3n) is 4.08. The molecular weight excluding hydrogens is 366 g/mol. The van der Waals surface area contributed by atoms with E-state index in [2.05, 4.69) is 9.71 Å². The van der Waals surface area contributed by atoms with Gasteiger partial charge in [-0.15, -0.1) is 0 Å². The van der Waals surface area contributed by atoms with Gasteiger partial charge in [0.2, 0.25) is 0 Å². The number of aromatic nitrogens is 1. The Kier molecular flexibility index (Phi) is 4.57. The molecule has 132 valence electrons. The van der Waals surface area contributed by atoms with Gasteiger partial charge >= 0.3 is 6.09 Å². The van der Waals surface area contributed by atoms with Gasteiger partial charge in [-0.1, -0.05) is 23.7 Å². The lowest BCUT2D eigenvalue weighted by atomic mass is 9.98. The van der Waals surface area contributed by atoms with Gasteiger partial charge in [-0.05, 0) is 36.6 Å².